The normalized spacial score (nSPS) is 16.4. The minimum absolute atomic E-state index is 0.122. The van der Waals surface area contributed by atoms with Crippen LogP contribution in [0.4, 0.5) is 27.2 Å². The second kappa shape index (κ2) is 18.8. The zero-order chi connectivity index (χ0) is 37.9. The van der Waals surface area contributed by atoms with Crippen LogP contribution in [-0.2, 0) is 22.4 Å². The Kier molecular flexibility index (Phi) is 13.9. The first-order chi connectivity index (χ1) is 25.4. The van der Waals surface area contributed by atoms with Crippen LogP contribution >= 0.6 is 46.7 Å². The molecule has 0 bridgehead atoms. The number of likely N-dealkylation sites (N-methyl/N-ethyl adjacent to an activating group) is 2. The van der Waals surface area contributed by atoms with Gasteiger partial charge < -0.3 is 25.0 Å². The van der Waals surface area contributed by atoms with Crippen molar-refractivity contribution in [1.82, 2.24) is 30.6 Å². The average Bonchev–Trinajstić information content (AvgIpc) is 3.62. The van der Waals surface area contributed by atoms with Crippen LogP contribution in [0.5, 0.6) is 11.5 Å². The number of benzene rings is 2. The first-order valence-electron chi connectivity index (χ1n) is 16.1. The van der Waals surface area contributed by atoms with E-state index in [-0.39, 0.29) is 43.9 Å². The summed E-state index contributed by atoms with van der Waals surface area (Å²) in [5.74, 6) is 2.46. The van der Waals surface area contributed by atoms with Crippen LogP contribution in [0, 0.1) is 0 Å². The van der Waals surface area contributed by atoms with E-state index in [0.29, 0.717) is 55.9 Å². The number of carbonyl (C=O) groups is 4. The van der Waals surface area contributed by atoms with Crippen LogP contribution in [-0.4, -0.2) is 93.1 Å². The molecule has 53 heavy (non-hydrogen) atoms. The number of ether oxygens (including phenoxy) is 2. The van der Waals surface area contributed by atoms with Gasteiger partial charge in [0.05, 0.1) is 23.6 Å². The van der Waals surface area contributed by atoms with Gasteiger partial charge in [-0.15, -0.1) is 0 Å². The van der Waals surface area contributed by atoms with Crippen LogP contribution in [0.15, 0.2) is 67.0 Å². The number of nitrogens with zero attached hydrogens (tertiary/aromatic N) is 6. The van der Waals surface area contributed by atoms with Crippen LogP contribution in [0.1, 0.15) is 11.1 Å². The fourth-order valence-corrected chi connectivity index (χ4v) is 6.95. The highest BCUT2D eigenvalue weighted by molar-refractivity contribution is 8.15. The summed E-state index contributed by atoms with van der Waals surface area (Å²) < 4.78 is 11.5. The number of hydrogen-bond acceptors (Lipinski definition) is 15. The molecule has 4 N–H and O–H groups in total. The van der Waals surface area contributed by atoms with Crippen molar-refractivity contribution in [3.8, 4) is 11.5 Å². The molecule has 2 aliphatic rings. The van der Waals surface area contributed by atoms with Crippen molar-refractivity contribution >= 4 is 86.6 Å². The van der Waals surface area contributed by atoms with Gasteiger partial charge in [0, 0.05) is 26.2 Å². The zero-order valence-electron chi connectivity index (χ0n) is 28.5. The number of nitrogens with one attached hydrogen (secondary N) is 2. The summed E-state index contributed by atoms with van der Waals surface area (Å²) in [5, 5.41) is 3.96. The third-order valence-electron chi connectivity index (χ3n) is 7.71. The SMILES string of the molecule is CN(CCOc1ccc(CC2SC(=O)NC2=O)cc1)c1cc(Cl)nc(N)n1.CN(CCOc1ccc(CC2SC(=O)NC2=O)cc1)c1cc(Cl)ncn1. The topological polar surface area (TPSA) is 195 Å². The fourth-order valence-electron chi connectivity index (χ4n) is 4.91. The van der Waals surface area contributed by atoms with Crippen molar-refractivity contribution in [2.24, 2.45) is 0 Å². The number of hydrogen-bond donors (Lipinski definition) is 3. The number of anilines is 3. The van der Waals surface area contributed by atoms with E-state index in [1.165, 1.54) is 6.33 Å². The molecule has 15 nitrogen and oxygen atoms in total. The second-order valence-electron chi connectivity index (χ2n) is 11.6. The van der Waals surface area contributed by atoms with E-state index < -0.39 is 0 Å². The van der Waals surface area contributed by atoms with Crippen molar-refractivity contribution in [3.05, 3.63) is 88.4 Å². The predicted octanol–water partition coefficient (Wildman–Crippen LogP) is 4.66. The number of nitrogen functional groups attached to an aromatic ring is 1. The number of imide groups is 2. The van der Waals surface area contributed by atoms with Crippen LogP contribution in [0.2, 0.25) is 10.3 Å². The monoisotopic (exact) mass is 799 g/mol. The van der Waals surface area contributed by atoms with Gasteiger partial charge in [-0.25, -0.2) is 15.0 Å². The van der Waals surface area contributed by atoms with Crippen LogP contribution in [0.3, 0.4) is 0 Å². The van der Waals surface area contributed by atoms with E-state index in [9.17, 15) is 19.2 Å². The lowest BCUT2D eigenvalue weighted by molar-refractivity contribution is -0.119. The van der Waals surface area contributed by atoms with Crippen molar-refractivity contribution in [1.29, 1.82) is 0 Å². The highest BCUT2D eigenvalue weighted by atomic mass is 35.5. The third-order valence-corrected chi connectivity index (χ3v) is 10.1. The Morgan fingerprint density at radius 1 is 0.698 bits per heavy atom. The molecule has 2 aliphatic heterocycles. The van der Waals surface area contributed by atoms with Crippen LogP contribution < -0.4 is 35.6 Å². The fraction of sp³-hybridized carbons (Fsp3) is 0.294. The molecular formula is C34H35Cl2N9O6S2. The lowest BCUT2D eigenvalue weighted by atomic mass is 10.1. The van der Waals surface area contributed by atoms with Gasteiger partial charge in [-0.3, -0.25) is 29.8 Å². The molecule has 2 fully saturated rings. The largest absolute Gasteiger partial charge is 0.492 e. The summed E-state index contributed by atoms with van der Waals surface area (Å²) in [6.45, 7) is 2.13. The number of rotatable bonds is 14. The number of halogens is 2. The molecule has 0 radical (unpaired) electrons. The molecule has 4 heterocycles. The van der Waals surface area contributed by atoms with Gasteiger partial charge in [-0.05, 0) is 48.2 Å². The summed E-state index contributed by atoms with van der Waals surface area (Å²) in [4.78, 5) is 65.4. The molecule has 19 heteroatoms. The van der Waals surface area contributed by atoms with Crippen molar-refractivity contribution in [2.75, 3.05) is 55.9 Å². The molecule has 278 valence electrons. The molecule has 6 rings (SSSR count). The molecule has 4 aromatic rings. The van der Waals surface area contributed by atoms with Gasteiger partial charge in [-0.1, -0.05) is 71.0 Å². The minimum atomic E-state index is -0.370. The molecular weight excluding hydrogens is 765 g/mol. The second-order valence-corrected chi connectivity index (χ2v) is 14.7. The number of carbonyl (C=O) groups excluding carboxylic acids is 4. The Bertz CT molecular complexity index is 1910. The summed E-state index contributed by atoms with van der Waals surface area (Å²) in [7, 11) is 3.76. The van der Waals surface area contributed by atoms with E-state index in [0.717, 1.165) is 46.2 Å². The molecule has 0 aliphatic carbocycles. The maximum Gasteiger partial charge on any atom is 0.286 e. The zero-order valence-corrected chi connectivity index (χ0v) is 31.7. The van der Waals surface area contributed by atoms with Gasteiger partial charge >= 0.3 is 0 Å². The van der Waals surface area contributed by atoms with Gasteiger partial charge in [0.25, 0.3) is 10.5 Å². The Labute approximate surface area is 323 Å². The van der Waals surface area contributed by atoms with E-state index >= 15 is 0 Å². The predicted molar refractivity (Wildman–Crippen MR) is 206 cm³/mol. The van der Waals surface area contributed by atoms with Crippen molar-refractivity contribution in [3.63, 3.8) is 0 Å². The van der Waals surface area contributed by atoms with Gasteiger partial charge in [0.2, 0.25) is 17.8 Å². The highest BCUT2D eigenvalue weighted by Crippen LogP contribution is 2.25. The molecule has 4 amide bonds. The smallest absolute Gasteiger partial charge is 0.286 e. The molecule has 2 unspecified atom stereocenters. The lowest BCUT2D eigenvalue weighted by Crippen LogP contribution is -2.25. The summed E-state index contributed by atoms with van der Waals surface area (Å²) >= 11 is 13.8. The molecule has 0 spiro atoms. The van der Waals surface area contributed by atoms with E-state index in [1.54, 1.807) is 12.1 Å². The highest BCUT2D eigenvalue weighted by Gasteiger charge is 2.32. The van der Waals surface area contributed by atoms with E-state index in [4.69, 9.17) is 38.4 Å². The Morgan fingerprint density at radius 2 is 1.17 bits per heavy atom. The van der Waals surface area contributed by atoms with Crippen molar-refractivity contribution in [2.45, 2.75) is 23.3 Å². The summed E-state index contributed by atoms with van der Waals surface area (Å²) in [5.41, 5.74) is 7.54. The number of aromatic nitrogens is 4. The molecule has 0 saturated carbocycles. The van der Waals surface area contributed by atoms with Gasteiger partial charge in [0.15, 0.2) is 0 Å². The third kappa shape index (κ3) is 12.1. The van der Waals surface area contributed by atoms with Crippen molar-refractivity contribution < 1.29 is 28.7 Å². The molecule has 2 aromatic heterocycles. The first kappa shape index (κ1) is 39.4. The number of thioether (sulfide) groups is 2. The average molecular weight is 801 g/mol. The standard InChI is InChI=1S/C17H18ClN5O3S.C17H17ClN4O3S/c1-23(14-9-13(18)20-16(19)21-14)6-7-26-11-4-2-10(3-5-11)8-12-15(24)22-17(25)27-12;1-22(15-9-14(18)19-10-20-15)6-7-25-12-4-2-11(3-5-12)8-13-16(23)21-17(24)26-13/h2-5,9,12H,6-8H2,1H3,(H2,19,20,21)(H,22,24,25);2-5,9-10,13H,6-8H2,1H3,(H,21,23,24). The Hall–Kier alpha value is -4.84. The van der Waals surface area contributed by atoms with Gasteiger partial charge in [0.1, 0.15) is 53.0 Å². The number of nitrogens with two attached hydrogens (primary N) is 1. The Balaban J connectivity index is 0.000000204. The summed E-state index contributed by atoms with van der Waals surface area (Å²) in [6, 6.07) is 18.3. The lowest BCUT2D eigenvalue weighted by Gasteiger charge is -2.18. The quantitative estimate of drug-likeness (QED) is 0.149. The molecule has 2 aromatic carbocycles. The minimum Gasteiger partial charge on any atom is -0.492 e. The van der Waals surface area contributed by atoms with E-state index in [1.807, 2.05) is 72.4 Å². The maximum atomic E-state index is 11.6. The first-order valence-corrected chi connectivity index (χ1v) is 18.6. The Morgan fingerprint density at radius 3 is 1.60 bits per heavy atom. The van der Waals surface area contributed by atoms with Crippen LogP contribution in [0.25, 0.3) is 0 Å². The van der Waals surface area contributed by atoms with E-state index in [2.05, 4.69) is 30.6 Å². The summed E-state index contributed by atoms with van der Waals surface area (Å²) in [6.07, 6.45) is 2.44. The molecule has 2 atom stereocenters. The molecule has 2 saturated heterocycles. The number of amides is 4. The maximum absolute atomic E-state index is 11.6. The van der Waals surface area contributed by atoms with Gasteiger partial charge in [-0.2, -0.15) is 4.98 Å².